The van der Waals surface area contributed by atoms with Crippen LogP contribution < -0.4 is 0 Å². The smallest absolute Gasteiger partial charge is 0.166 e. The molecule has 1 aromatic rings. The Kier molecular flexibility index (Phi) is 7.65. The number of rotatable bonds is 7. The zero-order chi connectivity index (χ0) is 20.9. The van der Waals surface area contributed by atoms with Gasteiger partial charge in [-0.15, -0.1) is 0 Å². The van der Waals surface area contributed by atoms with E-state index in [1.54, 1.807) is 0 Å². The van der Waals surface area contributed by atoms with Gasteiger partial charge in [0.05, 0.1) is 0 Å². The molecule has 2 heteroatoms. The number of hydrogen-bond acceptors (Lipinski definition) is 0. The molecule has 2 fully saturated rings. The Morgan fingerprint density at radius 1 is 0.833 bits per heavy atom. The fourth-order valence-electron chi connectivity index (χ4n) is 6.49. The average molecular weight is 415 g/mol. The van der Waals surface area contributed by atoms with E-state index in [0.29, 0.717) is 23.5 Å². The minimum atomic E-state index is -0.605. The van der Waals surface area contributed by atoms with Crippen LogP contribution in [0.15, 0.2) is 18.2 Å². The van der Waals surface area contributed by atoms with Crippen LogP contribution in [0.2, 0.25) is 0 Å². The van der Waals surface area contributed by atoms with E-state index in [1.807, 2.05) is 12.1 Å². The molecule has 30 heavy (non-hydrogen) atoms. The lowest BCUT2D eigenvalue weighted by Crippen LogP contribution is -2.23. The molecular formula is C28H40F2. The molecule has 0 amide bonds. The van der Waals surface area contributed by atoms with Crippen molar-refractivity contribution in [3.63, 3.8) is 0 Å². The van der Waals surface area contributed by atoms with Crippen molar-refractivity contribution in [3.05, 3.63) is 41.0 Å². The van der Waals surface area contributed by atoms with Gasteiger partial charge in [0.1, 0.15) is 0 Å². The summed E-state index contributed by atoms with van der Waals surface area (Å²) in [6, 6.07) is 3.71. The summed E-state index contributed by atoms with van der Waals surface area (Å²) >= 11 is 0. The summed E-state index contributed by atoms with van der Waals surface area (Å²) < 4.78 is 29.7. The van der Waals surface area contributed by atoms with Crippen LogP contribution in [0.5, 0.6) is 0 Å². The third-order valence-corrected chi connectivity index (χ3v) is 8.47. The van der Waals surface area contributed by atoms with Crippen molar-refractivity contribution in [2.75, 3.05) is 0 Å². The predicted molar refractivity (Wildman–Crippen MR) is 122 cm³/mol. The first-order valence-corrected chi connectivity index (χ1v) is 12.8. The molecule has 3 aliphatic rings. The average Bonchev–Trinajstić information content (AvgIpc) is 3.29. The van der Waals surface area contributed by atoms with Gasteiger partial charge in [0, 0.05) is 5.56 Å². The van der Waals surface area contributed by atoms with Crippen molar-refractivity contribution >= 4 is 5.57 Å². The molecule has 0 heterocycles. The van der Waals surface area contributed by atoms with Crippen molar-refractivity contribution in [1.29, 1.82) is 0 Å². The third kappa shape index (κ3) is 5.17. The van der Waals surface area contributed by atoms with Gasteiger partial charge in [0.25, 0.3) is 0 Å². The van der Waals surface area contributed by atoms with Gasteiger partial charge in [-0.2, -0.15) is 0 Å². The molecule has 0 N–H and O–H groups in total. The van der Waals surface area contributed by atoms with Gasteiger partial charge in [0.2, 0.25) is 0 Å². The van der Waals surface area contributed by atoms with Crippen molar-refractivity contribution in [2.24, 2.45) is 23.7 Å². The van der Waals surface area contributed by atoms with Gasteiger partial charge < -0.3 is 0 Å². The first-order valence-electron chi connectivity index (χ1n) is 12.8. The van der Waals surface area contributed by atoms with Crippen LogP contribution in [0.4, 0.5) is 8.78 Å². The predicted octanol–water partition coefficient (Wildman–Crippen LogP) is 8.88. The molecule has 0 aromatic heterocycles. The Morgan fingerprint density at radius 2 is 1.60 bits per heavy atom. The minimum Gasteiger partial charge on any atom is -0.203 e. The summed E-state index contributed by atoms with van der Waals surface area (Å²) in [6.07, 6.45) is 20.5. The normalized spacial score (nSPS) is 28.0. The second-order valence-corrected chi connectivity index (χ2v) is 10.4. The van der Waals surface area contributed by atoms with E-state index in [2.05, 4.69) is 13.0 Å². The third-order valence-electron chi connectivity index (χ3n) is 8.47. The Morgan fingerprint density at radius 3 is 2.27 bits per heavy atom. The summed E-state index contributed by atoms with van der Waals surface area (Å²) in [5.41, 5.74) is 2.13. The lowest BCUT2D eigenvalue weighted by molar-refractivity contribution is 0.188. The highest BCUT2D eigenvalue weighted by Crippen LogP contribution is 2.42. The zero-order valence-electron chi connectivity index (χ0n) is 18.9. The van der Waals surface area contributed by atoms with Crippen LogP contribution in [0.3, 0.4) is 0 Å². The lowest BCUT2D eigenvalue weighted by atomic mass is 9.70. The van der Waals surface area contributed by atoms with Gasteiger partial charge in [-0.3, -0.25) is 0 Å². The van der Waals surface area contributed by atoms with Crippen LogP contribution in [-0.2, 0) is 6.42 Å². The van der Waals surface area contributed by atoms with Crippen LogP contribution in [0, 0.1) is 35.3 Å². The van der Waals surface area contributed by atoms with Gasteiger partial charge in [-0.25, -0.2) is 8.78 Å². The standard InChI is InChI=1S/C28H40F2/c1-2-3-6-20-9-11-22(12-10-20)23-13-15-24(16-14-23)26-18-17-25(27(29)28(26)30)19-21-7-4-5-8-21/h15,17-18,20-23H,2-14,16,19H2,1H3. The molecule has 0 saturated heterocycles. The lowest BCUT2D eigenvalue weighted by Gasteiger charge is -2.35. The van der Waals surface area contributed by atoms with Crippen molar-refractivity contribution < 1.29 is 8.78 Å². The molecule has 1 aromatic carbocycles. The van der Waals surface area contributed by atoms with E-state index >= 15 is 0 Å². The van der Waals surface area contributed by atoms with Gasteiger partial charge in [-0.1, -0.05) is 82.9 Å². The monoisotopic (exact) mass is 414 g/mol. The number of benzene rings is 1. The number of unbranched alkanes of at least 4 members (excludes halogenated alkanes) is 1. The SMILES string of the molecule is CCCCC1CCC(C2CC=C(c3ccc(CC4CCCC4)c(F)c3F)CC2)CC1. The molecule has 1 atom stereocenters. The molecule has 0 aliphatic heterocycles. The highest BCUT2D eigenvalue weighted by atomic mass is 19.2. The summed E-state index contributed by atoms with van der Waals surface area (Å²) in [5.74, 6) is 1.89. The quantitative estimate of drug-likeness (QED) is 0.418. The van der Waals surface area contributed by atoms with Gasteiger partial charge >= 0.3 is 0 Å². The molecular weight excluding hydrogens is 374 g/mol. The molecule has 166 valence electrons. The van der Waals surface area contributed by atoms with Crippen molar-refractivity contribution in [2.45, 2.75) is 103 Å². The van der Waals surface area contributed by atoms with Gasteiger partial charge in [0.15, 0.2) is 11.6 Å². The first kappa shape index (κ1) is 22.0. The highest BCUT2D eigenvalue weighted by Gasteiger charge is 2.29. The van der Waals surface area contributed by atoms with Crippen LogP contribution in [-0.4, -0.2) is 0 Å². The Balaban J connectivity index is 1.34. The van der Waals surface area contributed by atoms with E-state index in [-0.39, 0.29) is 0 Å². The minimum absolute atomic E-state index is 0.518. The summed E-state index contributed by atoms with van der Waals surface area (Å²) in [4.78, 5) is 0. The maximum absolute atomic E-state index is 14.9. The van der Waals surface area contributed by atoms with Crippen LogP contribution in [0.1, 0.15) is 108 Å². The molecule has 2 saturated carbocycles. The van der Waals surface area contributed by atoms with E-state index in [4.69, 9.17) is 0 Å². The summed E-state index contributed by atoms with van der Waals surface area (Å²) in [6.45, 7) is 2.29. The van der Waals surface area contributed by atoms with E-state index < -0.39 is 11.6 Å². The molecule has 3 aliphatic carbocycles. The summed E-state index contributed by atoms with van der Waals surface area (Å²) in [7, 11) is 0. The number of allylic oxidation sites excluding steroid dienone is 2. The fourth-order valence-corrected chi connectivity index (χ4v) is 6.49. The molecule has 1 unspecified atom stereocenters. The van der Waals surface area contributed by atoms with Crippen molar-refractivity contribution in [1.82, 2.24) is 0 Å². The Bertz CT molecular complexity index is 720. The first-order chi connectivity index (χ1) is 14.7. The van der Waals surface area contributed by atoms with E-state index in [9.17, 15) is 8.78 Å². The number of halogens is 2. The largest absolute Gasteiger partial charge is 0.203 e. The fraction of sp³-hybridized carbons (Fsp3) is 0.714. The maximum atomic E-state index is 14.9. The van der Waals surface area contributed by atoms with Gasteiger partial charge in [-0.05, 0) is 73.3 Å². The molecule has 4 rings (SSSR count). The van der Waals surface area contributed by atoms with Crippen LogP contribution in [0.25, 0.3) is 5.57 Å². The molecule has 0 nitrogen and oxygen atoms in total. The second kappa shape index (κ2) is 10.4. The summed E-state index contributed by atoms with van der Waals surface area (Å²) in [5, 5.41) is 0. The second-order valence-electron chi connectivity index (χ2n) is 10.4. The van der Waals surface area contributed by atoms with E-state index in [0.717, 1.165) is 55.4 Å². The zero-order valence-corrected chi connectivity index (χ0v) is 18.9. The highest BCUT2D eigenvalue weighted by molar-refractivity contribution is 5.67. The van der Waals surface area contributed by atoms with E-state index in [1.165, 1.54) is 57.8 Å². The Labute approximate surface area is 182 Å². The van der Waals surface area contributed by atoms with Crippen molar-refractivity contribution in [3.8, 4) is 0 Å². The Hall–Kier alpha value is -1.18. The molecule has 0 spiro atoms. The topological polar surface area (TPSA) is 0 Å². The maximum Gasteiger partial charge on any atom is 0.166 e. The molecule has 0 bridgehead atoms. The number of hydrogen-bond donors (Lipinski definition) is 0. The van der Waals surface area contributed by atoms with Crippen LogP contribution >= 0.6 is 0 Å². The molecule has 0 radical (unpaired) electrons.